The second kappa shape index (κ2) is 5.41. The molecule has 1 aliphatic carbocycles. The van der Waals surface area contributed by atoms with Gasteiger partial charge in [-0.3, -0.25) is 0 Å². The maximum absolute atomic E-state index is 8.75. The molecule has 0 spiro atoms. The van der Waals surface area contributed by atoms with Crippen LogP contribution in [0, 0.1) is 5.41 Å². The highest BCUT2D eigenvalue weighted by Gasteiger charge is 2.33. The van der Waals surface area contributed by atoms with Gasteiger partial charge in [0.25, 0.3) is 0 Å². The number of hydrogen-bond donors (Lipinski definition) is 2. The fraction of sp³-hybridized carbons (Fsp3) is 1.00. The van der Waals surface area contributed by atoms with E-state index in [0.717, 1.165) is 25.7 Å². The molecular formula is C10H21O3P. The van der Waals surface area contributed by atoms with Gasteiger partial charge in [0.05, 0.1) is 6.10 Å². The molecule has 0 aliphatic heterocycles. The van der Waals surface area contributed by atoms with Gasteiger partial charge in [0, 0.05) is 0 Å². The van der Waals surface area contributed by atoms with Gasteiger partial charge in [-0.2, -0.15) is 0 Å². The monoisotopic (exact) mass is 220 g/mol. The first-order chi connectivity index (χ1) is 6.62. The van der Waals surface area contributed by atoms with Gasteiger partial charge in [-0.15, -0.1) is 0 Å². The zero-order valence-electron chi connectivity index (χ0n) is 9.07. The summed E-state index contributed by atoms with van der Waals surface area (Å²) in [5.74, 6) is 0. The molecule has 4 heteroatoms. The van der Waals surface area contributed by atoms with Crippen molar-refractivity contribution < 1.29 is 14.3 Å². The van der Waals surface area contributed by atoms with Gasteiger partial charge in [-0.1, -0.05) is 26.7 Å². The van der Waals surface area contributed by atoms with Crippen LogP contribution in [-0.2, 0) is 4.52 Å². The lowest BCUT2D eigenvalue weighted by atomic mass is 9.70. The zero-order chi connectivity index (χ0) is 10.6. The Kier molecular flexibility index (Phi) is 4.78. The molecule has 3 nitrogen and oxygen atoms in total. The maximum atomic E-state index is 8.75. The lowest BCUT2D eigenvalue weighted by Crippen LogP contribution is -2.29. The minimum atomic E-state index is -2.16. The quantitative estimate of drug-likeness (QED) is 0.716. The second-order valence-corrected chi connectivity index (χ2v) is 4.98. The van der Waals surface area contributed by atoms with E-state index in [2.05, 4.69) is 13.8 Å². The smallest absolute Gasteiger partial charge is 0.327 e. The van der Waals surface area contributed by atoms with Crippen molar-refractivity contribution in [3.05, 3.63) is 0 Å². The Balaban J connectivity index is 2.37. The van der Waals surface area contributed by atoms with E-state index in [1.165, 1.54) is 12.8 Å². The zero-order valence-corrected chi connectivity index (χ0v) is 9.96. The Morgan fingerprint density at radius 2 is 1.71 bits per heavy atom. The molecule has 14 heavy (non-hydrogen) atoms. The molecule has 0 aromatic rings. The maximum Gasteiger partial charge on any atom is 0.327 e. The van der Waals surface area contributed by atoms with Crippen molar-refractivity contribution in [2.45, 2.75) is 58.5 Å². The van der Waals surface area contributed by atoms with Crippen molar-refractivity contribution in [1.29, 1.82) is 0 Å². The first-order valence-electron chi connectivity index (χ1n) is 5.46. The third-order valence-corrected chi connectivity index (χ3v) is 4.22. The molecule has 84 valence electrons. The van der Waals surface area contributed by atoms with Crippen LogP contribution >= 0.6 is 8.60 Å². The van der Waals surface area contributed by atoms with Crippen molar-refractivity contribution >= 4 is 8.60 Å². The summed E-state index contributed by atoms with van der Waals surface area (Å²) in [6.45, 7) is 4.49. The van der Waals surface area contributed by atoms with Crippen LogP contribution in [0.2, 0.25) is 0 Å². The fourth-order valence-electron chi connectivity index (χ4n) is 2.40. The first-order valence-corrected chi connectivity index (χ1v) is 6.63. The van der Waals surface area contributed by atoms with Gasteiger partial charge in [-0.05, 0) is 31.1 Å². The largest absolute Gasteiger partial charge is 0.328 e. The molecule has 1 fully saturated rings. The van der Waals surface area contributed by atoms with Gasteiger partial charge in [-0.25, -0.2) is 0 Å². The average Bonchev–Trinajstić information content (AvgIpc) is 2.19. The summed E-state index contributed by atoms with van der Waals surface area (Å²) in [5.41, 5.74) is 0.494. The predicted molar refractivity (Wildman–Crippen MR) is 57.7 cm³/mol. The van der Waals surface area contributed by atoms with E-state index < -0.39 is 8.60 Å². The van der Waals surface area contributed by atoms with Crippen LogP contribution in [0.4, 0.5) is 0 Å². The molecule has 0 amide bonds. The molecule has 0 saturated heterocycles. The van der Waals surface area contributed by atoms with Crippen molar-refractivity contribution in [2.24, 2.45) is 5.41 Å². The molecule has 0 aromatic heterocycles. The SMILES string of the molecule is CCC1(CC)CCC(OP(O)O)CC1. The van der Waals surface area contributed by atoms with Crippen LogP contribution in [0.25, 0.3) is 0 Å². The minimum absolute atomic E-state index is 0.0716. The second-order valence-electron chi connectivity index (χ2n) is 4.26. The van der Waals surface area contributed by atoms with Crippen molar-refractivity contribution in [2.75, 3.05) is 0 Å². The van der Waals surface area contributed by atoms with E-state index in [-0.39, 0.29) is 6.10 Å². The molecule has 0 radical (unpaired) electrons. The fourth-order valence-corrected chi connectivity index (χ4v) is 2.88. The molecule has 0 bridgehead atoms. The summed E-state index contributed by atoms with van der Waals surface area (Å²) < 4.78 is 5.05. The van der Waals surface area contributed by atoms with E-state index in [4.69, 9.17) is 14.3 Å². The topological polar surface area (TPSA) is 49.7 Å². The molecule has 2 N–H and O–H groups in total. The Morgan fingerprint density at radius 3 is 2.07 bits per heavy atom. The van der Waals surface area contributed by atoms with E-state index in [0.29, 0.717) is 5.41 Å². The van der Waals surface area contributed by atoms with Crippen molar-refractivity contribution in [3.63, 3.8) is 0 Å². The molecule has 0 aromatic carbocycles. The van der Waals surface area contributed by atoms with Crippen LogP contribution in [-0.4, -0.2) is 15.9 Å². The van der Waals surface area contributed by atoms with E-state index >= 15 is 0 Å². The van der Waals surface area contributed by atoms with Gasteiger partial charge < -0.3 is 14.3 Å². The van der Waals surface area contributed by atoms with Gasteiger partial charge in [0.1, 0.15) is 0 Å². The van der Waals surface area contributed by atoms with Crippen molar-refractivity contribution in [1.82, 2.24) is 0 Å². The van der Waals surface area contributed by atoms with Crippen LogP contribution in [0.1, 0.15) is 52.4 Å². The van der Waals surface area contributed by atoms with Gasteiger partial charge in [0.15, 0.2) is 0 Å². The van der Waals surface area contributed by atoms with E-state index in [1.54, 1.807) is 0 Å². The highest BCUT2D eigenvalue weighted by Crippen LogP contribution is 2.44. The highest BCUT2D eigenvalue weighted by molar-refractivity contribution is 7.39. The summed E-state index contributed by atoms with van der Waals surface area (Å²) in [5, 5.41) is 0. The molecule has 0 unspecified atom stereocenters. The van der Waals surface area contributed by atoms with Crippen LogP contribution in [0.3, 0.4) is 0 Å². The highest BCUT2D eigenvalue weighted by atomic mass is 31.2. The summed E-state index contributed by atoms with van der Waals surface area (Å²) >= 11 is 0. The molecule has 0 atom stereocenters. The van der Waals surface area contributed by atoms with Gasteiger partial charge in [0.2, 0.25) is 0 Å². The molecule has 1 aliphatic rings. The number of rotatable bonds is 4. The van der Waals surface area contributed by atoms with Crippen LogP contribution in [0.15, 0.2) is 0 Å². The standard InChI is InChI=1S/C10H21O3P/c1-3-10(4-2)7-5-9(6-8-10)13-14(11)12/h9,11-12H,3-8H2,1-2H3. The lowest BCUT2D eigenvalue weighted by Gasteiger charge is -2.38. The summed E-state index contributed by atoms with van der Waals surface area (Å²) in [7, 11) is -2.16. The average molecular weight is 220 g/mol. The Labute approximate surface area is 87.5 Å². The third kappa shape index (κ3) is 3.16. The minimum Gasteiger partial charge on any atom is -0.328 e. The van der Waals surface area contributed by atoms with Gasteiger partial charge >= 0.3 is 8.60 Å². The first kappa shape index (κ1) is 12.4. The number of hydrogen-bond acceptors (Lipinski definition) is 3. The summed E-state index contributed by atoms with van der Waals surface area (Å²) in [6.07, 6.45) is 6.79. The van der Waals surface area contributed by atoms with E-state index in [1.807, 2.05) is 0 Å². The third-order valence-electron chi connectivity index (χ3n) is 3.74. The van der Waals surface area contributed by atoms with E-state index in [9.17, 15) is 0 Å². The Morgan fingerprint density at radius 1 is 1.21 bits per heavy atom. The van der Waals surface area contributed by atoms with Crippen molar-refractivity contribution in [3.8, 4) is 0 Å². The normalized spacial score (nSPS) is 22.9. The van der Waals surface area contributed by atoms with Crippen LogP contribution in [0.5, 0.6) is 0 Å². The lowest BCUT2D eigenvalue weighted by molar-refractivity contribution is 0.0646. The summed E-state index contributed by atoms with van der Waals surface area (Å²) in [4.78, 5) is 17.5. The predicted octanol–water partition coefficient (Wildman–Crippen LogP) is 2.96. The Hall–Kier alpha value is 0.310. The Bertz CT molecular complexity index is 159. The molecule has 0 heterocycles. The molecule has 1 rings (SSSR count). The molecule has 1 saturated carbocycles. The molecular weight excluding hydrogens is 199 g/mol. The summed E-state index contributed by atoms with van der Waals surface area (Å²) in [6, 6.07) is 0. The van der Waals surface area contributed by atoms with Crippen LogP contribution < -0.4 is 0 Å².